The van der Waals surface area contributed by atoms with E-state index in [9.17, 15) is 18.5 Å². The summed E-state index contributed by atoms with van der Waals surface area (Å²) in [6.07, 6.45) is 1.65. The van der Waals surface area contributed by atoms with Gasteiger partial charge in [0.15, 0.2) is 0 Å². The van der Waals surface area contributed by atoms with Crippen LogP contribution in [0.15, 0.2) is 17.0 Å². The molecule has 1 aliphatic rings. The van der Waals surface area contributed by atoms with E-state index in [-0.39, 0.29) is 24.1 Å². The van der Waals surface area contributed by atoms with Gasteiger partial charge in [0.25, 0.3) is 14.7 Å². The van der Waals surface area contributed by atoms with Crippen LogP contribution in [0.2, 0.25) is 0 Å². The fourth-order valence-corrected chi connectivity index (χ4v) is 3.19. The van der Waals surface area contributed by atoms with Gasteiger partial charge in [-0.1, -0.05) is 0 Å². The third-order valence-electron chi connectivity index (χ3n) is 3.14. The van der Waals surface area contributed by atoms with E-state index < -0.39 is 18.9 Å². The molecule has 1 aromatic rings. The van der Waals surface area contributed by atoms with Crippen LogP contribution in [0.3, 0.4) is 0 Å². The molecule has 0 amide bonds. The Bertz CT molecular complexity index is 654. The SMILES string of the molecule is Cc1cc([N+](=O)[O-])cc(S(=O)(=O)Cl)c1OCC1CCCO1. The first-order valence-electron chi connectivity index (χ1n) is 6.27. The maximum atomic E-state index is 11.6. The molecule has 9 heteroatoms. The van der Waals surface area contributed by atoms with Gasteiger partial charge in [0.05, 0.1) is 11.0 Å². The number of ether oxygens (including phenoxy) is 2. The van der Waals surface area contributed by atoms with Gasteiger partial charge in [0, 0.05) is 29.4 Å². The Morgan fingerprint density at radius 3 is 2.76 bits per heavy atom. The van der Waals surface area contributed by atoms with Crippen molar-refractivity contribution in [2.45, 2.75) is 30.8 Å². The van der Waals surface area contributed by atoms with Crippen molar-refractivity contribution in [3.05, 3.63) is 27.8 Å². The molecule has 0 spiro atoms. The largest absolute Gasteiger partial charge is 0.489 e. The zero-order valence-corrected chi connectivity index (χ0v) is 12.8. The molecule has 1 unspecified atom stereocenters. The molecule has 0 aromatic heterocycles. The van der Waals surface area contributed by atoms with Crippen molar-refractivity contribution in [1.29, 1.82) is 0 Å². The van der Waals surface area contributed by atoms with Crippen LogP contribution in [0.4, 0.5) is 5.69 Å². The molecule has 1 saturated heterocycles. The maximum absolute atomic E-state index is 11.6. The lowest BCUT2D eigenvalue weighted by Gasteiger charge is -2.15. The standard InChI is InChI=1S/C12H14ClNO6S/c1-8-5-9(14(15)16)6-11(21(13,17)18)12(8)20-7-10-3-2-4-19-10/h5-6,10H,2-4,7H2,1H3. The summed E-state index contributed by atoms with van der Waals surface area (Å²) in [6.45, 7) is 2.36. The van der Waals surface area contributed by atoms with Crippen molar-refractivity contribution in [2.75, 3.05) is 13.2 Å². The molecule has 1 atom stereocenters. The van der Waals surface area contributed by atoms with Gasteiger partial charge in [0.2, 0.25) is 0 Å². The van der Waals surface area contributed by atoms with Crippen LogP contribution < -0.4 is 4.74 Å². The zero-order valence-electron chi connectivity index (χ0n) is 11.2. The van der Waals surface area contributed by atoms with Gasteiger partial charge in [-0.15, -0.1) is 0 Å². The van der Waals surface area contributed by atoms with Gasteiger partial charge in [-0.25, -0.2) is 8.42 Å². The first-order chi connectivity index (χ1) is 9.79. The number of nitro groups is 1. The summed E-state index contributed by atoms with van der Waals surface area (Å²) in [6, 6.07) is 2.15. The smallest absolute Gasteiger partial charge is 0.271 e. The molecule has 7 nitrogen and oxygen atoms in total. The molecule has 0 saturated carbocycles. The number of hydrogen-bond donors (Lipinski definition) is 0. The quantitative estimate of drug-likeness (QED) is 0.465. The van der Waals surface area contributed by atoms with Gasteiger partial charge in [0.1, 0.15) is 17.3 Å². The van der Waals surface area contributed by atoms with Crippen molar-refractivity contribution in [1.82, 2.24) is 0 Å². The highest BCUT2D eigenvalue weighted by atomic mass is 35.7. The van der Waals surface area contributed by atoms with Crippen LogP contribution >= 0.6 is 10.7 Å². The molecule has 0 radical (unpaired) electrons. The maximum Gasteiger partial charge on any atom is 0.271 e. The Kier molecular flexibility index (Phi) is 4.70. The first kappa shape index (κ1) is 16.0. The normalized spacial score (nSPS) is 18.7. The molecule has 0 N–H and O–H groups in total. The minimum absolute atomic E-state index is 0.0334. The average Bonchev–Trinajstić information content (AvgIpc) is 2.88. The fourth-order valence-electron chi connectivity index (χ4n) is 2.15. The molecule has 0 bridgehead atoms. The van der Waals surface area contributed by atoms with Gasteiger partial charge in [-0.05, 0) is 25.3 Å². The molecular formula is C12H14ClNO6S. The van der Waals surface area contributed by atoms with E-state index in [1.807, 2.05) is 0 Å². The summed E-state index contributed by atoms with van der Waals surface area (Å²) in [5.74, 6) is 0.0334. The molecule has 1 heterocycles. The van der Waals surface area contributed by atoms with Gasteiger partial charge in [-0.2, -0.15) is 0 Å². The lowest BCUT2D eigenvalue weighted by Crippen LogP contribution is -2.17. The number of nitrogens with zero attached hydrogens (tertiary/aromatic N) is 1. The monoisotopic (exact) mass is 335 g/mol. The number of hydrogen-bond acceptors (Lipinski definition) is 6. The van der Waals surface area contributed by atoms with Gasteiger partial charge < -0.3 is 9.47 Å². The Morgan fingerprint density at radius 2 is 2.24 bits per heavy atom. The van der Waals surface area contributed by atoms with Crippen molar-refractivity contribution in [3.63, 3.8) is 0 Å². The highest BCUT2D eigenvalue weighted by Crippen LogP contribution is 2.34. The fraction of sp³-hybridized carbons (Fsp3) is 0.500. The van der Waals surface area contributed by atoms with E-state index in [2.05, 4.69) is 0 Å². The summed E-state index contributed by atoms with van der Waals surface area (Å²) in [4.78, 5) is 9.74. The van der Waals surface area contributed by atoms with Gasteiger partial charge >= 0.3 is 0 Å². The highest BCUT2D eigenvalue weighted by molar-refractivity contribution is 8.13. The minimum atomic E-state index is -4.16. The first-order valence-corrected chi connectivity index (χ1v) is 8.58. The third kappa shape index (κ3) is 3.84. The highest BCUT2D eigenvalue weighted by Gasteiger charge is 2.25. The van der Waals surface area contributed by atoms with Crippen molar-refractivity contribution >= 4 is 25.4 Å². The predicted molar refractivity (Wildman–Crippen MR) is 75.3 cm³/mol. The second kappa shape index (κ2) is 6.17. The number of halogens is 1. The van der Waals surface area contributed by atoms with E-state index in [0.717, 1.165) is 18.9 Å². The average molecular weight is 336 g/mol. The van der Waals surface area contributed by atoms with Crippen molar-refractivity contribution in [3.8, 4) is 5.75 Å². The van der Waals surface area contributed by atoms with E-state index >= 15 is 0 Å². The number of benzene rings is 1. The summed E-state index contributed by atoms with van der Waals surface area (Å²) < 4.78 is 34.1. The van der Waals surface area contributed by atoms with E-state index in [4.69, 9.17) is 20.2 Å². The van der Waals surface area contributed by atoms with Crippen LogP contribution in [-0.4, -0.2) is 32.7 Å². The number of nitro benzene ring substituents is 1. The van der Waals surface area contributed by atoms with Crippen molar-refractivity contribution < 1.29 is 22.8 Å². The Hall–Kier alpha value is -1.38. The lowest BCUT2D eigenvalue weighted by atomic mass is 10.2. The van der Waals surface area contributed by atoms with E-state index in [0.29, 0.717) is 12.2 Å². The minimum Gasteiger partial charge on any atom is -0.489 e. The van der Waals surface area contributed by atoms with Crippen LogP contribution in [0.25, 0.3) is 0 Å². The molecule has 21 heavy (non-hydrogen) atoms. The number of non-ortho nitro benzene ring substituents is 1. The molecule has 1 fully saturated rings. The Labute approximate surface area is 126 Å². The van der Waals surface area contributed by atoms with E-state index in [1.54, 1.807) is 0 Å². The Morgan fingerprint density at radius 1 is 1.52 bits per heavy atom. The number of aryl methyl sites for hydroxylation is 1. The lowest BCUT2D eigenvalue weighted by molar-refractivity contribution is -0.385. The summed E-state index contributed by atoms with van der Waals surface area (Å²) in [5.41, 5.74) is -0.0161. The second-order valence-corrected chi connectivity index (χ2v) is 7.27. The molecular weight excluding hydrogens is 322 g/mol. The molecule has 2 rings (SSSR count). The molecule has 0 aliphatic carbocycles. The molecule has 1 aliphatic heterocycles. The summed E-state index contributed by atoms with van der Waals surface area (Å²) in [5, 5.41) is 10.8. The van der Waals surface area contributed by atoms with Crippen LogP contribution in [0, 0.1) is 17.0 Å². The van der Waals surface area contributed by atoms with Crippen molar-refractivity contribution in [2.24, 2.45) is 0 Å². The third-order valence-corrected chi connectivity index (χ3v) is 4.46. The second-order valence-electron chi connectivity index (χ2n) is 4.73. The van der Waals surface area contributed by atoms with E-state index in [1.165, 1.54) is 13.0 Å². The predicted octanol–water partition coefficient (Wildman–Crippen LogP) is 2.39. The Balaban J connectivity index is 2.35. The van der Waals surface area contributed by atoms with Gasteiger partial charge in [-0.3, -0.25) is 10.1 Å². The summed E-state index contributed by atoms with van der Waals surface area (Å²) in [7, 11) is 1.19. The molecule has 116 valence electrons. The zero-order chi connectivity index (χ0) is 15.6. The molecule has 1 aromatic carbocycles. The number of rotatable bonds is 5. The van der Waals surface area contributed by atoms with Crippen LogP contribution in [-0.2, 0) is 13.8 Å². The van der Waals surface area contributed by atoms with Crippen LogP contribution in [0.5, 0.6) is 5.75 Å². The topological polar surface area (TPSA) is 95.7 Å². The van der Waals surface area contributed by atoms with Crippen LogP contribution in [0.1, 0.15) is 18.4 Å². The summed E-state index contributed by atoms with van der Waals surface area (Å²) >= 11 is 0.